The maximum atomic E-state index is 14.2. The third-order valence-electron chi connectivity index (χ3n) is 8.82. The molecule has 8 N–H and O–H groups in total. The minimum atomic E-state index is -5.65. The number of H-pyrrole nitrogens is 1. The molecule has 68 heavy (non-hydrogen) atoms. The Morgan fingerprint density at radius 2 is 1.26 bits per heavy atom. The van der Waals surface area contributed by atoms with Gasteiger partial charge in [-0.05, 0) is 36.4 Å². The van der Waals surface area contributed by atoms with Crippen molar-refractivity contribution >= 4 is 86.9 Å². The van der Waals surface area contributed by atoms with Gasteiger partial charge in [-0.1, -0.05) is 12.1 Å². The van der Waals surface area contributed by atoms with Gasteiger partial charge in [0.25, 0.3) is 41.6 Å². The van der Waals surface area contributed by atoms with Gasteiger partial charge in [0.1, 0.15) is 67.8 Å². The number of aromatic amines is 1. The van der Waals surface area contributed by atoms with Crippen LogP contribution in [0.4, 0.5) is 44.2 Å². The highest BCUT2D eigenvalue weighted by molar-refractivity contribution is 7.86. The highest BCUT2D eigenvalue weighted by atomic mass is 32.2. The van der Waals surface area contributed by atoms with E-state index in [1.807, 2.05) is 0 Å². The van der Waals surface area contributed by atoms with Crippen LogP contribution < -0.4 is 15.0 Å². The van der Waals surface area contributed by atoms with Gasteiger partial charge in [0.15, 0.2) is 22.9 Å². The minimum Gasteiger partial charge on any atom is -0.505 e. The zero-order chi connectivity index (χ0) is 49.9. The van der Waals surface area contributed by atoms with E-state index in [-0.39, 0.29) is 16.1 Å². The Bertz CT molecular complexity index is 3540. The molecule has 0 aliphatic carbocycles. The fraction of sp³-hybridized carbons (Fsp3) is 0.111. The van der Waals surface area contributed by atoms with E-state index in [0.29, 0.717) is 12.1 Å². The molecule has 0 bridgehead atoms. The van der Waals surface area contributed by atoms with Crippen LogP contribution >= 0.6 is 0 Å². The van der Waals surface area contributed by atoms with Crippen molar-refractivity contribution in [2.24, 2.45) is 30.7 Å². The van der Waals surface area contributed by atoms with E-state index in [2.05, 4.69) is 35.8 Å². The lowest BCUT2D eigenvalue weighted by Crippen LogP contribution is -2.18. The van der Waals surface area contributed by atoms with E-state index < -0.39 is 162 Å². The average molecular weight is 1010 g/mol. The molecule has 1 heterocycles. The molecule has 0 aliphatic rings. The summed E-state index contributed by atoms with van der Waals surface area (Å²) in [5.74, 6) is -4.80. The molecule has 5 aromatic carbocycles. The molecule has 0 saturated carbocycles. The van der Waals surface area contributed by atoms with Gasteiger partial charge in [-0.3, -0.25) is 33.7 Å². The molecular weight excluding hydrogens is 978 g/mol. The number of aliphatic hydroxyl groups excluding tert-OH is 2. The number of carboxylic acid groups (broad SMARTS) is 1. The van der Waals surface area contributed by atoms with Crippen molar-refractivity contribution in [1.82, 2.24) is 9.78 Å². The molecule has 0 radical (unpaired) electrons. The molecule has 6 aromatic rings. The largest absolute Gasteiger partial charge is 0.505 e. The Morgan fingerprint density at radius 3 is 1.81 bits per heavy atom. The SMILES string of the molecule is O=C(O)c1[nH]n(-c2ccc3c(O)c(N=Nc4cc(OCCO)c(N=Nc5ccc([N+](=O)[O-])cc5S(=O)(=O)O)cc4OCCO)c(S(=O)(=O)O)cc3c2S(=O)(=O)O)c(=O)c1N=Nc1ccccc1F. The number of phenolic OH excluding ortho intramolecular Hbond substituents is 1. The van der Waals surface area contributed by atoms with Crippen LogP contribution in [0, 0.1) is 15.9 Å². The number of carboxylic acids is 1. The Kier molecular flexibility index (Phi) is 14.2. The number of nitro benzene ring substituents is 1. The van der Waals surface area contributed by atoms with Crippen molar-refractivity contribution in [2.45, 2.75) is 14.7 Å². The number of phenols is 1. The molecule has 356 valence electrons. The zero-order valence-electron chi connectivity index (χ0n) is 33.5. The molecule has 0 unspecified atom stereocenters. The van der Waals surface area contributed by atoms with Gasteiger partial charge >= 0.3 is 5.97 Å². The monoisotopic (exact) mass is 1010 g/mol. The molecular formula is C36H28FN9O19S3. The number of carbonyl (C=O) groups is 1. The molecule has 0 saturated heterocycles. The van der Waals surface area contributed by atoms with Gasteiger partial charge in [-0.15, -0.1) is 30.7 Å². The van der Waals surface area contributed by atoms with Crippen molar-refractivity contribution in [2.75, 3.05) is 26.4 Å². The standard InChI is InChI=1S/C36H28FN9O19S3/c37-20-3-1-2-4-21(20)38-43-31-32(36(51)52)44-45(35(31)50)25-8-6-18-19(34(25)68(61,62)63)14-29(67(58,59)60)30(33(18)49)42-41-24-16-26(64-11-9-47)23(15-27(24)65-12-10-48)40-39-22-7-5-17(46(53)54)13-28(22)66(55,56)57/h1-8,13-16,44,47-49H,9-12H2,(H,51,52)(H,55,56,57)(H,58,59,60)(H,61,62,63). The summed E-state index contributed by atoms with van der Waals surface area (Å²) in [5, 5.41) is 74.2. The molecule has 1 aromatic heterocycles. The fourth-order valence-electron chi connectivity index (χ4n) is 5.95. The number of azo groups is 3. The number of hydrogen-bond donors (Lipinski definition) is 8. The van der Waals surface area contributed by atoms with E-state index in [4.69, 9.17) is 9.47 Å². The first kappa shape index (κ1) is 49.5. The number of aromatic hydroxyl groups is 1. The summed E-state index contributed by atoms with van der Waals surface area (Å²) in [6, 6.07) is 10.8. The number of nitro groups is 1. The van der Waals surface area contributed by atoms with E-state index in [1.54, 1.807) is 0 Å². The summed E-state index contributed by atoms with van der Waals surface area (Å²) in [4.78, 5) is 32.2. The number of hydrogen-bond acceptors (Lipinski definition) is 21. The average Bonchev–Trinajstić information content (AvgIpc) is 3.60. The van der Waals surface area contributed by atoms with Crippen LogP contribution in [-0.2, 0) is 30.4 Å². The lowest BCUT2D eigenvalue weighted by Gasteiger charge is -2.15. The third kappa shape index (κ3) is 10.5. The number of non-ortho nitro benzene ring substituents is 1. The van der Waals surface area contributed by atoms with Crippen LogP contribution in [0.1, 0.15) is 10.5 Å². The second-order valence-corrected chi connectivity index (χ2v) is 17.3. The van der Waals surface area contributed by atoms with Crippen molar-refractivity contribution < 1.29 is 82.9 Å². The number of benzene rings is 5. The first-order valence-electron chi connectivity index (χ1n) is 18.2. The predicted octanol–water partition coefficient (Wildman–Crippen LogP) is 5.50. The normalized spacial score (nSPS) is 12.4. The van der Waals surface area contributed by atoms with Crippen LogP contribution in [0.2, 0.25) is 0 Å². The predicted molar refractivity (Wildman–Crippen MR) is 226 cm³/mol. The topological polar surface area (TPSA) is 435 Å². The van der Waals surface area contributed by atoms with Gasteiger partial charge in [0.05, 0.1) is 23.8 Å². The minimum absolute atomic E-state index is 0.243. The van der Waals surface area contributed by atoms with Crippen molar-refractivity contribution in [3.63, 3.8) is 0 Å². The maximum absolute atomic E-state index is 14.2. The number of nitrogens with zero attached hydrogens (tertiary/aromatic N) is 8. The van der Waals surface area contributed by atoms with E-state index in [0.717, 1.165) is 48.5 Å². The summed E-state index contributed by atoms with van der Waals surface area (Å²) in [6.07, 6.45) is 0. The second kappa shape index (κ2) is 19.5. The molecule has 32 heteroatoms. The van der Waals surface area contributed by atoms with Gasteiger partial charge < -0.3 is 29.9 Å². The van der Waals surface area contributed by atoms with E-state index >= 15 is 0 Å². The van der Waals surface area contributed by atoms with Crippen molar-refractivity contribution in [3.05, 3.63) is 105 Å². The Labute approximate surface area is 378 Å². The quantitative estimate of drug-likeness (QED) is 0.0228. The number of aromatic nitrogens is 2. The maximum Gasteiger partial charge on any atom is 0.356 e. The summed E-state index contributed by atoms with van der Waals surface area (Å²) in [6.45, 7) is -2.22. The highest BCUT2D eigenvalue weighted by Crippen LogP contribution is 2.46. The van der Waals surface area contributed by atoms with Crippen LogP contribution in [0.5, 0.6) is 17.2 Å². The fourth-order valence-corrected chi connectivity index (χ4v) is 8.11. The lowest BCUT2D eigenvalue weighted by atomic mass is 10.1. The number of halogens is 1. The second-order valence-electron chi connectivity index (χ2n) is 13.2. The van der Waals surface area contributed by atoms with Gasteiger partial charge in [-0.2, -0.15) is 25.3 Å². The Morgan fingerprint density at radius 1 is 0.706 bits per heavy atom. The van der Waals surface area contributed by atoms with Crippen molar-refractivity contribution in [1.29, 1.82) is 0 Å². The van der Waals surface area contributed by atoms with Crippen LogP contribution in [-0.4, -0.2) is 106 Å². The Hall–Kier alpha value is -7.98. The zero-order valence-corrected chi connectivity index (χ0v) is 35.9. The smallest absolute Gasteiger partial charge is 0.356 e. The summed E-state index contributed by atoms with van der Waals surface area (Å²) >= 11 is 0. The number of aliphatic hydroxyl groups is 2. The molecule has 0 amide bonds. The van der Waals surface area contributed by atoms with E-state index in [1.165, 1.54) is 12.1 Å². The van der Waals surface area contributed by atoms with Gasteiger partial charge in [0.2, 0.25) is 0 Å². The number of ether oxygens (including phenoxy) is 2. The summed E-state index contributed by atoms with van der Waals surface area (Å²) < 4.78 is 132. The molecule has 0 spiro atoms. The molecule has 6 rings (SSSR count). The van der Waals surface area contributed by atoms with Gasteiger partial charge in [0, 0.05) is 35.0 Å². The van der Waals surface area contributed by atoms with E-state index in [9.17, 15) is 83.4 Å². The molecule has 0 aliphatic heterocycles. The first-order valence-corrected chi connectivity index (χ1v) is 22.6. The first-order chi connectivity index (χ1) is 32.0. The molecule has 0 atom stereocenters. The lowest BCUT2D eigenvalue weighted by molar-refractivity contribution is -0.385. The van der Waals surface area contributed by atoms with Gasteiger partial charge in [-0.25, -0.2) is 13.9 Å². The molecule has 28 nitrogen and oxygen atoms in total. The number of nitrogens with one attached hydrogen (secondary N) is 1. The number of rotatable bonds is 18. The summed E-state index contributed by atoms with van der Waals surface area (Å²) in [7, 11) is -16.4. The third-order valence-corrected chi connectivity index (χ3v) is 11.5. The summed E-state index contributed by atoms with van der Waals surface area (Å²) in [5.41, 5.74) is -8.09. The van der Waals surface area contributed by atoms with Crippen LogP contribution in [0.3, 0.4) is 0 Å². The molecule has 0 fully saturated rings. The van der Waals surface area contributed by atoms with Crippen LogP contribution in [0.15, 0.2) is 123 Å². The highest BCUT2D eigenvalue weighted by Gasteiger charge is 2.31. The van der Waals surface area contributed by atoms with Crippen LogP contribution in [0.25, 0.3) is 16.5 Å². The number of aromatic carboxylic acids is 1. The van der Waals surface area contributed by atoms with Crippen molar-refractivity contribution in [3.8, 4) is 22.9 Å². The Balaban J connectivity index is 1.53. The number of fused-ring (bicyclic) bond motifs is 1.